The van der Waals surface area contributed by atoms with Gasteiger partial charge in [-0.25, -0.2) is 29.3 Å². The van der Waals surface area contributed by atoms with Crippen molar-refractivity contribution in [3.05, 3.63) is 264 Å². The van der Waals surface area contributed by atoms with Crippen molar-refractivity contribution in [3.63, 3.8) is 0 Å². The van der Waals surface area contributed by atoms with Crippen molar-refractivity contribution >= 4 is 61.6 Å². The summed E-state index contributed by atoms with van der Waals surface area (Å²) in [4.78, 5) is 27.3. The molecule has 11 aromatic rings. The van der Waals surface area contributed by atoms with Crippen LogP contribution in [0.25, 0.3) is 103 Å². The average Bonchev–Trinajstić information content (AvgIpc) is 3.77. The summed E-state index contributed by atoms with van der Waals surface area (Å²) in [6, 6.07) is 72.3. The highest BCUT2D eigenvalue weighted by Crippen LogP contribution is 2.45. The minimum Gasteiger partial charge on any atom is -0.310 e. The van der Waals surface area contributed by atoms with Gasteiger partial charge >= 0.3 is 0 Å². The molecule has 0 spiro atoms. The molecule has 2 aromatic heterocycles. The predicted octanol–water partition coefficient (Wildman–Crippen LogP) is 17.6. The Labute approximate surface area is 405 Å². The standard InChI is InChI=1S/C62H36N8/c1-63-53-24-14-11-22-50(53)56-40-55(67-62(68-56)51-23-12-15-25-54(51)64-2)44-37-57(65-3)61(58(38-44)66-4)43-29-27-41(28-30-43)42-31-33-47(34-32-42)70-59-26-16-13-21-49(59)52-39-48(35-36-60(52)70)69(45-17-7-5-8-18-45)46-19-9-6-10-20-46/h5-40H. The second kappa shape index (κ2) is 18.1. The van der Waals surface area contributed by atoms with Crippen LogP contribution in [0.15, 0.2) is 218 Å². The topological polar surface area (TPSA) is 51.4 Å². The molecule has 0 saturated heterocycles. The van der Waals surface area contributed by atoms with Gasteiger partial charge in [-0.3, -0.25) is 0 Å². The van der Waals surface area contributed by atoms with Crippen molar-refractivity contribution in [2.45, 2.75) is 0 Å². The molecule has 0 fully saturated rings. The lowest BCUT2D eigenvalue weighted by Crippen LogP contribution is -2.09. The van der Waals surface area contributed by atoms with E-state index in [1.54, 1.807) is 48.5 Å². The fourth-order valence-electron chi connectivity index (χ4n) is 9.25. The zero-order valence-electron chi connectivity index (χ0n) is 37.4. The first-order valence-corrected chi connectivity index (χ1v) is 22.4. The third-order valence-electron chi connectivity index (χ3n) is 12.5. The van der Waals surface area contributed by atoms with Gasteiger partial charge in [0.25, 0.3) is 0 Å². The average molecular weight is 893 g/mol. The van der Waals surface area contributed by atoms with E-state index in [0.717, 1.165) is 55.9 Å². The van der Waals surface area contributed by atoms with Gasteiger partial charge in [-0.2, -0.15) is 0 Å². The summed E-state index contributed by atoms with van der Waals surface area (Å²) in [7, 11) is 0. The molecule has 70 heavy (non-hydrogen) atoms. The predicted molar refractivity (Wildman–Crippen MR) is 283 cm³/mol. The number of nitrogens with zero attached hydrogens (tertiary/aromatic N) is 8. The van der Waals surface area contributed by atoms with Gasteiger partial charge in [0.15, 0.2) is 22.7 Å². The Hall–Kier alpha value is -10.4. The van der Waals surface area contributed by atoms with Crippen LogP contribution in [0.5, 0.6) is 0 Å². The number of rotatable bonds is 9. The summed E-state index contributed by atoms with van der Waals surface area (Å²) in [6.45, 7) is 32.2. The number of hydrogen-bond donors (Lipinski definition) is 0. The fraction of sp³-hybridized carbons (Fsp3) is 0. The summed E-state index contributed by atoms with van der Waals surface area (Å²) in [5.74, 6) is 0.305. The Morgan fingerprint density at radius 1 is 0.357 bits per heavy atom. The highest BCUT2D eigenvalue weighted by molar-refractivity contribution is 6.10. The van der Waals surface area contributed by atoms with E-state index in [0.29, 0.717) is 62.2 Å². The molecule has 8 heteroatoms. The smallest absolute Gasteiger partial charge is 0.198 e. The Morgan fingerprint density at radius 3 is 1.49 bits per heavy atom. The van der Waals surface area contributed by atoms with E-state index in [1.165, 1.54) is 5.39 Å². The van der Waals surface area contributed by atoms with E-state index >= 15 is 0 Å². The first-order valence-electron chi connectivity index (χ1n) is 22.4. The van der Waals surface area contributed by atoms with Crippen molar-refractivity contribution in [1.82, 2.24) is 14.5 Å². The Morgan fingerprint density at radius 2 is 0.857 bits per heavy atom. The monoisotopic (exact) mass is 892 g/mol. The molecule has 0 amide bonds. The number of anilines is 3. The van der Waals surface area contributed by atoms with Gasteiger partial charge < -0.3 is 9.47 Å². The highest BCUT2D eigenvalue weighted by Gasteiger charge is 2.21. The molecule has 0 N–H and O–H groups in total. The van der Waals surface area contributed by atoms with Crippen molar-refractivity contribution in [3.8, 4) is 61.8 Å². The Bertz CT molecular complexity index is 3830. The molecule has 0 atom stereocenters. The molecule has 0 aliphatic carbocycles. The van der Waals surface area contributed by atoms with Gasteiger partial charge in [0.1, 0.15) is 5.82 Å². The molecule has 324 valence electrons. The van der Waals surface area contributed by atoms with E-state index in [2.05, 4.69) is 144 Å². The fourth-order valence-corrected chi connectivity index (χ4v) is 9.25. The lowest BCUT2D eigenvalue weighted by molar-refractivity contribution is 1.18. The van der Waals surface area contributed by atoms with Gasteiger partial charge in [-0.05, 0) is 107 Å². The number of para-hydroxylation sites is 5. The maximum atomic E-state index is 8.30. The molecule has 0 saturated carbocycles. The third kappa shape index (κ3) is 7.63. The van der Waals surface area contributed by atoms with E-state index in [1.807, 2.05) is 54.6 Å². The summed E-state index contributed by atoms with van der Waals surface area (Å²) in [5, 5.41) is 2.33. The largest absolute Gasteiger partial charge is 0.310 e. The van der Waals surface area contributed by atoms with Crippen LogP contribution >= 0.6 is 0 Å². The van der Waals surface area contributed by atoms with E-state index in [9.17, 15) is 0 Å². The minimum absolute atomic E-state index is 0.302. The molecular formula is C62H36N8. The zero-order valence-corrected chi connectivity index (χ0v) is 37.4. The Kier molecular flexibility index (Phi) is 10.9. The third-order valence-corrected chi connectivity index (χ3v) is 12.5. The molecule has 11 rings (SSSR count). The van der Waals surface area contributed by atoms with E-state index in [-0.39, 0.29) is 0 Å². The second-order valence-corrected chi connectivity index (χ2v) is 16.5. The quantitative estimate of drug-likeness (QED) is 0.136. The molecule has 0 unspecified atom stereocenters. The van der Waals surface area contributed by atoms with Crippen LogP contribution in [0.1, 0.15) is 0 Å². The first-order chi connectivity index (χ1) is 34.5. The van der Waals surface area contributed by atoms with Crippen molar-refractivity contribution in [2.24, 2.45) is 0 Å². The van der Waals surface area contributed by atoms with Crippen LogP contribution in [0.3, 0.4) is 0 Å². The minimum atomic E-state index is 0.302. The van der Waals surface area contributed by atoms with Crippen LogP contribution in [-0.2, 0) is 0 Å². The van der Waals surface area contributed by atoms with Gasteiger partial charge in [0.2, 0.25) is 0 Å². The summed E-state index contributed by atoms with van der Waals surface area (Å²) in [6.07, 6.45) is 0. The zero-order chi connectivity index (χ0) is 47.6. The molecule has 0 bridgehead atoms. The van der Waals surface area contributed by atoms with Crippen molar-refractivity contribution in [1.29, 1.82) is 0 Å². The summed E-state index contributed by atoms with van der Waals surface area (Å²) < 4.78 is 2.32. The molecule has 0 aliphatic heterocycles. The molecule has 9 aromatic carbocycles. The van der Waals surface area contributed by atoms with E-state index < -0.39 is 0 Å². The van der Waals surface area contributed by atoms with Crippen LogP contribution in [0.4, 0.5) is 39.8 Å². The van der Waals surface area contributed by atoms with E-state index in [4.69, 9.17) is 36.3 Å². The number of hydrogen-bond acceptors (Lipinski definition) is 3. The molecule has 8 nitrogen and oxygen atoms in total. The Balaban J connectivity index is 0.930. The molecule has 0 aliphatic rings. The van der Waals surface area contributed by atoms with Crippen LogP contribution < -0.4 is 4.90 Å². The second-order valence-electron chi connectivity index (χ2n) is 16.5. The number of fused-ring (bicyclic) bond motifs is 3. The van der Waals surface area contributed by atoms with Crippen molar-refractivity contribution < 1.29 is 0 Å². The molecule has 0 radical (unpaired) electrons. The maximum Gasteiger partial charge on any atom is 0.198 e. The van der Waals surface area contributed by atoms with Crippen LogP contribution in [0, 0.1) is 26.3 Å². The molecule has 2 heterocycles. The SMILES string of the molecule is [C-]#[N+]c1ccccc1-c1cc(-c2cc([N+]#[C-])c(-c3ccc(-c4ccc(-n5c6ccccc6c6cc(N(c7ccccc7)c7ccccc7)ccc65)cc4)cc3)c([N+]#[C-])c2)nc(-c2ccccc2[N+]#[C-])n1. The normalized spacial score (nSPS) is 10.8. The van der Waals surface area contributed by atoms with Gasteiger partial charge in [0, 0.05) is 44.6 Å². The van der Waals surface area contributed by atoms with Crippen LogP contribution in [-0.4, -0.2) is 14.5 Å². The first kappa shape index (κ1) is 42.3. The van der Waals surface area contributed by atoms with Gasteiger partial charge in [-0.1, -0.05) is 140 Å². The van der Waals surface area contributed by atoms with Gasteiger partial charge in [0.05, 0.1) is 48.7 Å². The van der Waals surface area contributed by atoms with Crippen molar-refractivity contribution in [2.75, 3.05) is 4.90 Å². The molecular weight excluding hydrogens is 857 g/mol. The van der Waals surface area contributed by atoms with Gasteiger partial charge in [-0.15, -0.1) is 0 Å². The lowest BCUT2D eigenvalue weighted by atomic mass is 9.95. The lowest BCUT2D eigenvalue weighted by Gasteiger charge is -2.25. The van der Waals surface area contributed by atoms with Crippen LogP contribution in [0.2, 0.25) is 0 Å². The maximum absolute atomic E-state index is 8.30. The number of aromatic nitrogens is 3. The summed E-state index contributed by atoms with van der Waals surface area (Å²) >= 11 is 0. The number of benzene rings is 9. The highest BCUT2D eigenvalue weighted by atomic mass is 15.1. The summed E-state index contributed by atoms with van der Waals surface area (Å²) in [5.41, 5.74) is 13.9.